The monoisotopic (exact) mass is 453 g/mol. The molecule has 2 rings (SSSR count). The highest BCUT2D eigenvalue weighted by Gasteiger charge is 2.12. The first-order chi connectivity index (χ1) is 11.4. The Morgan fingerprint density at radius 3 is 2.17 bits per heavy atom. The highest BCUT2D eigenvalue weighted by atomic mass is 79.9. The number of ether oxygens (including phenoxy) is 1. The summed E-state index contributed by atoms with van der Waals surface area (Å²) < 4.78 is 6.12. The Morgan fingerprint density at radius 2 is 1.67 bits per heavy atom. The third-order valence-electron chi connectivity index (χ3n) is 2.88. The predicted molar refractivity (Wildman–Crippen MR) is 95.0 cm³/mol. The summed E-state index contributed by atoms with van der Waals surface area (Å²) >= 11 is 6.46. The number of nitro benzene ring substituents is 1. The van der Waals surface area contributed by atoms with Crippen LogP contribution in [-0.2, 0) is 4.79 Å². The summed E-state index contributed by atoms with van der Waals surface area (Å²) in [6.45, 7) is 0. The summed E-state index contributed by atoms with van der Waals surface area (Å²) in [6.07, 6.45) is 3.36. The number of hydrogen-bond acceptors (Lipinski definition) is 5. The van der Waals surface area contributed by atoms with Gasteiger partial charge in [0.15, 0.2) is 5.75 Å². The largest absolute Gasteiger partial charge is 0.421 e. The topological polar surface area (TPSA) is 86.5 Å². The van der Waals surface area contributed by atoms with Crippen molar-refractivity contribution < 1.29 is 19.2 Å². The summed E-state index contributed by atoms with van der Waals surface area (Å²) in [5.41, 5.74) is 1.01. The highest BCUT2D eigenvalue weighted by Crippen LogP contribution is 2.34. The number of rotatable bonds is 5. The van der Waals surface area contributed by atoms with E-state index in [-0.39, 0.29) is 11.4 Å². The number of carbonyl (C=O) groups excluding carboxylic acids is 2. The fraction of sp³-hybridized carbons (Fsp3) is 0. The van der Waals surface area contributed by atoms with Gasteiger partial charge in [-0.2, -0.15) is 0 Å². The second-order valence-electron chi connectivity index (χ2n) is 4.53. The Balaban J connectivity index is 2.10. The summed E-state index contributed by atoms with van der Waals surface area (Å²) in [7, 11) is 0. The van der Waals surface area contributed by atoms with Crippen molar-refractivity contribution in [3.63, 3.8) is 0 Å². The second-order valence-corrected chi connectivity index (χ2v) is 6.24. The Morgan fingerprint density at radius 1 is 1.08 bits per heavy atom. The average molecular weight is 455 g/mol. The number of carbonyl (C=O) groups is 2. The molecule has 0 aliphatic rings. The van der Waals surface area contributed by atoms with Crippen LogP contribution in [0.5, 0.6) is 5.75 Å². The Labute approximate surface area is 153 Å². The normalized spacial score (nSPS) is 10.6. The zero-order chi connectivity index (χ0) is 17.7. The van der Waals surface area contributed by atoms with E-state index in [0.29, 0.717) is 26.4 Å². The van der Waals surface area contributed by atoms with Gasteiger partial charge in [-0.25, -0.2) is 4.79 Å². The zero-order valence-electron chi connectivity index (χ0n) is 11.9. The van der Waals surface area contributed by atoms with Crippen LogP contribution in [0.15, 0.2) is 51.4 Å². The molecule has 0 aliphatic carbocycles. The molecule has 0 atom stereocenters. The minimum Gasteiger partial charge on any atom is -0.421 e. The molecule has 122 valence electrons. The van der Waals surface area contributed by atoms with Crippen LogP contribution in [-0.4, -0.2) is 17.2 Å². The Kier molecular flexibility index (Phi) is 5.99. The van der Waals surface area contributed by atoms with Crippen molar-refractivity contribution in [1.29, 1.82) is 0 Å². The van der Waals surface area contributed by atoms with Crippen molar-refractivity contribution in [1.82, 2.24) is 0 Å². The zero-order valence-corrected chi connectivity index (χ0v) is 15.1. The third kappa shape index (κ3) is 4.59. The van der Waals surface area contributed by atoms with E-state index in [0.717, 1.165) is 0 Å². The van der Waals surface area contributed by atoms with Gasteiger partial charge >= 0.3 is 5.97 Å². The Bertz CT molecular complexity index is 808. The molecule has 0 saturated carbocycles. The first-order valence-corrected chi connectivity index (χ1v) is 8.08. The molecule has 0 fully saturated rings. The van der Waals surface area contributed by atoms with E-state index >= 15 is 0 Å². The van der Waals surface area contributed by atoms with Gasteiger partial charge < -0.3 is 4.74 Å². The van der Waals surface area contributed by atoms with E-state index < -0.39 is 10.9 Å². The molecule has 0 bridgehead atoms. The second kappa shape index (κ2) is 7.98. The molecule has 0 saturated heterocycles. The number of hydrogen-bond donors (Lipinski definition) is 0. The maximum absolute atomic E-state index is 11.9. The molecule has 0 aromatic heterocycles. The van der Waals surface area contributed by atoms with E-state index in [1.165, 1.54) is 48.6 Å². The third-order valence-corrected chi connectivity index (χ3v) is 4.05. The van der Waals surface area contributed by atoms with Gasteiger partial charge in [0, 0.05) is 23.8 Å². The molecular formula is C16H9Br2NO5. The first kappa shape index (κ1) is 18.0. The van der Waals surface area contributed by atoms with Gasteiger partial charge in [0.25, 0.3) is 5.69 Å². The standard InChI is InChI=1S/C16H9Br2NO5/c17-13-7-11(9-20)8-14(18)16(13)24-15(21)6-3-10-1-4-12(5-2-10)19(22)23/h1-9H/b6-3+. The number of nitro groups is 1. The molecule has 0 N–H and O–H groups in total. The lowest BCUT2D eigenvalue weighted by Gasteiger charge is -2.07. The number of non-ortho nitro benzene ring substituents is 1. The Hall–Kier alpha value is -2.32. The molecule has 2 aromatic rings. The van der Waals surface area contributed by atoms with Crippen molar-refractivity contribution in [2.24, 2.45) is 0 Å². The quantitative estimate of drug-likeness (QED) is 0.165. The first-order valence-electron chi connectivity index (χ1n) is 6.49. The van der Waals surface area contributed by atoms with E-state index in [4.69, 9.17) is 4.74 Å². The van der Waals surface area contributed by atoms with Gasteiger partial charge in [-0.05, 0) is 67.8 Å². The van der Waals surface area contributed by atoms with Crippen molar-refractivity contribution in [2.45, 2.75) is 0 Å². The number of benzene rings is 2. The molecule has 0 radical (unpaired) electrons. The van der Waals surface area contributed by atoms with Crippen LogP contribution in [0, 0.1) is 10.1 Å². The van der Waals surface area contributed by atoms with Crippen LogP contribution in [0.1, 0.15) is 15.9 Å². The van der Waals surface area contributed by atoms with Crippen molar-refractivity contribution in [3.8, 4) is 5.75 Å². The van der Waals surface area contributed by atoms with E-state index in [2.05, 4.69) is 31.9 Å². The summed E-state index contributed by atoms with van der Waals surface area (Å²) in [4.78, 5) is 32.7. The van der Waals surface area contributed by atoms with Gasteiger partial charge in [-0.15, -0.1) is 0 Å². The minimum absolute atomic E-state index is 0.0298. The summed E-state index contributed by atoms with van der Waals surface area (Å²) in [5, 5.41) is 10.6. The fourth-order valence-corrected chi connectivity index (χ4v) is 3.13. The summed E-state index contributed by atoms with van der Waals surface area (Å²) in [6, 6.07) is 8.78. The molecular weight excluding hydrogens is 446 g/mol. The molecule has 6 nitrogen and oxygen atoms in total. The van der Waals surface area contributed by atoms with Crippen LogP contribution in [0.25, 0.3) is 6.08 Å². The van der Waals surface area contributed by atoms with Gasteiger partial charge in [0.2, 0.25) is 0 Å². The van der Waals surface area contributed by atoms with Crippen LogP contribution in [0.2, 0.25) is 0 Å². The molecule has 0 heterocycles. The number of esters is 1. The SMILES string of the molecule is O=Cc1cc(Br)c(OC(=O)/C=C/c2ccc([N+](=O)[O-])cc2)c(Br)c1. The average Bonchev–Trinajstić information content (AvgIpc) is 2.56. The maximum Gasteiger partial charge on any atom is 0.336 e. The van der Waals surface area contributed by atoms with Gasteiger partial charge in [0.05, 0.1) is 13.9 Å². The van der Waals surface area contributed by atoms with Crippen LogP contribution >= 0.6 is 31.9 Å². The number of nitrogens with zero attached hydrogens (tertiary/aromatic N) is 1. The lowest BCUT2D eigenvalue weighted by molar-refractivity contribution is -0.384. The molecule has 0 spiro atoms. The smallest absolute Gasteiger partial charge is 0.336 e. The lowest BCUT2D eigenvalue weighted by atomic mass is 10.2. The van der Waals surface area contributed by atoms with Crippen LogP contribution in [0.3, 0.4) is 0 Å². The van der Waals surface area contributed by atoms with E-state index in [1.807, 2.05) is 0 Å². The number of halogens is 2. The lowest BCUT2D eigenvalue weighted by Crippen LogP contribution is -2.05. The van der Waals surface area contributed by atoms with Crippen molar-refractivity contribution >= 4 is 55.9 Å². The number of aldehydes is 1. The maximum atomic E-state index is 11.9. The molecule has 0 aliphatic heterocycles. The van der Waals surface area contributed by atoms with Crippen molar-refractivity contribution in [2.75, 3.05) is 0 Å². The van der Waals surface area contributed by atoms with Gasteiger partial charge in [-0.1, -0.05) is 0 Å². The van der Waals surface area contributed by atoms with E-state index in [9.17, 15) is 19.7 Å². The van der Waals surface area contributed by atoms with Gasteiger partial charge in [0.1, 0.15) is 6.29 Å². The fourth-order valence-electron chi connectivity index (χ4n) is 1.75. The molecule has 2 aromatic carbocycles. The molecule has 8 heteroatoms. The highest BCUT2D eigenvalue weighted by molar-refractivity contribution is 9.11. The molecule has 24 heavy (non-hydrogen) atoms. The molecule has 0 unspecified atom stereocenters. The summed E-state index contributed by atoms with van der Waals surface area (Å²) in [5.74, 6) is -0.382. The minimum atomic E-state index is -0.631. The van der Waals surface area contributed by atoms with Crippen molar-refractivity contribution in [3.05, 3.63) is 72.7 Å². The van der Waals surface area contributed by atoms with Gasteiger partial charge in [-0.3, -0.25) is 14.9 Å². The molecule has 0 amide bonds. The van der Waals surface area contributed by atoms with Crippen LogP contribution in [0.4, 0.5) is 5.69 Å². The predicted octanol–water partition coefficient (Wildman–Crippen LogP) is 4.55. The van der Waals surface area contributed by atoms with Crippen LogP contribution < -0.4 is 4.74 Å². The van der Waals surface area contributed by atoms with E-state index in [1.54, 1.807) is 0 Å².